The number of carbonyl (C=O) groups is 1. The molecular formula is C21H19F3N4OS. The lowest BCUT2D eigenvalue weighted by atomic mass is 9.87. The van der Waals surface area contributed by atoms with Gasteiger partial charge in [-0.15, -0.1) is 10.2 Å². The van der Waals surface area contributed by atoms with Crippen LogP contribution in [-0.4, -0.2) is 26.4 Å². The number of carbonyl (C=O) groups excluding carboxylic acids is 1. The molecule has 3 aromatic rings. The Morgan fingerprint density at radius 3 is 2.70 bits per heavy atom. The molecule has 30 heavy (non-hydrogen) atoms. The molecule has 0 fully saturated rings. The lowest BCUT2D eigenvalue weighted by Crippen LogP contribution is -2.33. The number of alkyl halides is 3. The number of fused-ring (bicyclic) bond motifs is 3. The normalized spacial score (nSPS) is 14.7. The first-order chi connectivity index (χ1) is 14.1. The second-order valence-electron chi connectivity index (χ2n) is 7.70. The minimum absolute atomic E-state index is 0.00606. The predicted molar refractivity (Wildman–Crippen MR) is 109 cm³/mol. The highest BCUT2D eigenvalue weighted by Crippen LogP contribution is 2.39. The van der Waals surface area contributed by atoms with Crippen LogP contribution in [0.2, 0.25) is 0 Å². The van der Waals surface area contributed by atoms with E-state index in [9.17, 15) is 18.0 Å². The van der Waals surface area contributed by atoms with Crippen molar-refractivity contribution in [1.29, 1.82) is 0 Å². The molecule has 0 atom stereocenters. The van der Waals surface area contributed by atoms with Crippen LogP contribution in [-0.2, 0) is 22.9 Å². The Bertz CT molecular complexity index is 1110. The fourth-order valence-electron chi connectivity index (χ4n) is 3.62. The summed E-state index contributed by atoms with van der Waals surface area (Å²) >= 11 is 1.21. The fourth-order valence-corrected chi connectivity index (χ4v) is 4.52. The van der Waals surface area contributed by atoms with Crippen LogP contribution < -0.4 is 5.32 Å². The number of amides is 1. The minimum atomic E-state index is -4.46. The van der Waals surface area contributed by atoms with Crippen LogP contribution in [0.3, 0.4) is 0 Å². The highest BCUT2D eigenvalue weighted by atomic mass is 32.2. The van der Waals surface area contributed by atoms with E-state index in [-0.39, 0.29) is 17.0 Å². The molecule has 156 valence electrons. The number of thioether (sulfide) groups is 1. The Balaban J connectivity index is 1.50. The van der Waals surface area contributed by atoms with Gasteiger partial charge in [-0.3, -0.25) is 9.36 Å². The van der Waals surface area contributed by atoms with Crippen molar-refractivity contribution in [2.24, 2.45) is 0 Å². The molecule has 1 aliphatic rings. The maximum Gasteiger partial charge on any atom is 0.416 e. The molecule has 0 aliphatic carbocycles. The summed E-state index contributed by atoms with van der Waals surface area (Å²) in [6, 6.07) is 12.6. The number of aromatic nitrogens is 3. The zero-order valence-corrected chi connectivity index (χ0v) is 17.1. The summed E-state index contributed by atoms with van der Waals surface area (Å²) in [5.74, 6) is 0.347. The van der Waals surface area contributed by atoms with Crippen molar-refractivity contribution in [2.75, 3.05) is 11.1 Å². The summed E-state index contributed by atoms with van der Waals surface area (Å²) in [7, 11) is 0. The van der Waals surface area contributed by atoms with Crippen molar-refractivity contribution in [2.45, 2.75) is 37.1 Å². The van der Waals surface area contributed by atoms with E-state index < -0.39 is 17.6 Å². The number of nitrogens with zero attached hydrogens (tertiary/aromatic N) is 3. The molecule has 0 saturated heterocycles. The van der Waals surface area contributed by atoms with Crippen molar-refractivity contribution >= 4 is 23.4 Å². The largest absolute Gasteiger partial charge is 0.416 e. The molecule has 9 heteroatoms. The van der Waals surface area contributed by atoms with E-state index in [0.717, 1.165) is 29.9 Å². The van der Waals surface area contributed by atoms with E-state index in [2.05, 4.69) is 35.4 Å². The molecule has 1 aromatic heterocycles. The third-order valence-electron chi connectivity index (χ3n) is 4.93. The van der Waals surface area contributed by atoms with Crippen LogP contribution in [0, 0.1) is 0 Å². The standard InChI is InChI=1S/C21H19F3N4OS/c1-20(2)11-13-6-3-4-9-16(13)18-26-27-19(28(18)20)30-12-17(29)25-15-8-5-7-14(10-15)21(22,23)24/h3-10H,11-12H2,1-2H3,(H,25,29). The molecule has 4 rings (SSSR count). The summed E-state index contributed by atoms with van der Waals surface area (Å²) < 4.78 is 40.6. The van der Waals surface area contributed by atoms with E-state index in [0.29, 0.717) is 5.16 Å². The summed E-state index contributed by atoms with van der Waals surface area (Å²) in [6.07, 6.45) is -3.66. The quantitative estimate of drug-likeness (QED) is 0.591. The molecule has 1 amide bonds. The molecule has 0 radical (unpaired) electrons. The van der Waals surface area contributed by atoms with Crippen LogP contribution in [0.15, 0.2) is 53.7 Å². The maximum atomic E-state index is 12.8. The fraction of sp³-hybridized carbons (Fsp3) is 0.286. The zero-order valence-electron chi connectivity index (χ0n) is 16.3. The van der Waals surface area contributed by atoms with Gasteiger partial charge in [0.2, 0.25) is 5.91 Å². The Kier molecular flexibility index (Phi) is 5.09. The van der Waals surface area contributed by atoms with Gasteiger partial charge in [0, 0.05) is 16.8 Å². The molecule has 2 heterocycles. The average Bonchev–Trinajstić information content (AvgIpc) is 3.11. The summed E-state index contributed by atoms with van der Waals surface area (Å²) in [5.41, 5.74) is 1.24. The summed E-state index contributed by atoms with van der Waals surface area (Å²) in [4.78, 5) is 12.3. The molecule has 0 bridgehead atoms. The SMILES string of the molecule is CC1(C)Cc2ccccc2-c2nnc(SCC(=O)Nc3cccc(C(F)(F)F)c3)n21. The van der Waals surface area contributed by atoms with Crippen LogP contribution >= 0.6 is 11.8 Å². The average molecular weight is 432 g/mol. The van der Waals surface area contributed by atoms with Crippen molar-refractivity contribution in [1.82, 2.24) is 14.8 Å². The van der Waals surface area contributed by atoms with Crippen LogP contribution in [0.25, 0.3) is 11.4 Å². The Morgan fingerprint density at radius 2 is 1.93 bits per heavy atom. The van der Waals surface area contributed by atoms with Gasteiger partial charge in [-0.1, -0.05) is 42.1 Å². The molecule has 0 unspecified atom stereocenters. The third-order valence-corrected chi connectivity index (χ3v) is 5.85. The van der Waals surface area contributed by atoms with Crippen molar-refractivity contribution < 1.29 is 18.0 Å². The number of nitrogens with one attached hydrogen (secondary N) is 1. The van der Waals surface area contributed by atoms with Crippen molar-refractivity contribution in [3.05, 3.63) is 59.7 Å². The highest BCUT2D eigenvalue weighted by Gasteiger charge is 2.34. The highest BCUT2D eigenvalue weighted by molar-refractivity contribution is 7.99. The van der Waals surface area contributed by atoms with Gasteiger partial charge in [0.05, 0.1) is 11.3 Å². The number of hydrogen-bond donors (Lipinski definition) is 1. The first kappa shape index (κ1) is 20.5. The first-order valence-corrected chi connectivity index (χ1v) is 10.3. The second-order valence-corrected chi connectivity index (χ2v) is 8.65. The van der Waals surface area contributed by atoms with E-state index >= 15 is 0 Å². The number of rotatable bonds is 4. The van der Waals surface area contributed by atoms with Crippen molar-refractivity contribution in [3.8, 4) is 11.4 Å². The smallest absolute Gasteiger partial charge is 0.325 e. The molecule has 2 aromatic carbocycles. The van der Waals surface area contributed by atoms with Gasteiger partial charge in [0.1, 0.15) is 0 Å². The predicted octanol–water partition coefficient (Wildman–Crippen LogP) is 4.99. The number of benzene rings is 2. The zero-order chi connectivity index (χ0) is 21.5. The van der Waals surface area contributed by atoms with Gasteiger partial charge in [0.25, 0.3) is 0 Å². The van der Waals surface area contributed by atoms with Crippen LogP contribution in [0.4, 0.5) is 18.9 Å². The van der Waals surface area contributed by atoms with Crippen LogP contribution in [0.1, 0.15) is 25.0 Å². The maximum absolute atomic E-state index is 12.8. The van der Waals surface area contributed by atoms with Crippen molar-refractivity contribution in [3.63, 3.8) is 0 Å². The Hall–Kier alpha value is -2.81. The number of hydrogen-bond acceptors (Lipinski definition) is 4. The van der Waals surface area contributed by atoms with E-state index in [1.807, 2.05) is 22.8 Å². The molecular weight excluding hydrogens is 413 g/mol. The Morgan fingerprint density at radius 1 is 1.17 bits per heavy atom. The second kappa shape index (κ2) is 7.46. The van der Waals surface area contributed by atoms with Gasteiger partial charge in [0.15, 0.2) is 11.0 Å². The summed E-state index contributed by atoms with van der Waals surface area (Å²) in [5, 5.41) is 11.7. The number of anilines is 1. The van der Waals surface area contributed by atoms with E-state index in [1.54, 1.807) is 0 Å². The molecule has 0 saturated carbocycles. The molecule has 0 spiro atoms. The molecule has 1 N–H and O–H groups in total. The van der Waals surface area contributed by atoms with Gasteiger partial charge >= 0.3 is 6.18 Å². The van der Waals surface area contributed by atoms with Crippen LogP contribution in [0.5, 0.6) is 0 Å². The van der Waals surface area contributed by atoms with Gasteiger partial charge in [-0.05, 0) is 44.0 Å². The van der Waals surface area contributed by atoms with E-state index in [1.165, 1.54) is 29.5 Å². The third kappa shape index (κ3) is 3.94. The van der Waals surface area contributed by atoms with Gasteiger partial charge < -0.3 is 5.32 Å². The lowest BCUT2D eigenvalue weighted by molar-refractivity contribution is -0.137. The summed E-state index contributed by atoms with van der Waals surface area (Å²) in [6.45, 7) is 4.17. The first-order valence-electron chi connectivity index (χ1n) is 9.29. The minimum Gasteiger partial charge on any atom is -0.325 e. The topological polar surface area (TPSA) is 59.8 Å². The molecule has 5 nitrogen and oxygen atoms in total. The van der Waals surface area contributed by atoms with Gasteiger partial charge in [-0.2, -0.15) is 13.2 Å². The molecule has 1 aliphatic heterocycles. The van der Waals surface area contributed by atoms with Gasteiger partial charge in [-0.25, -0.2) is 0 Å². The van der Waals surface area contributed by atoms with E-state index in [4.69, 9.17) is 0 Å². The number of halogens is 3. The Labute approximate surface area is 175 Å². The lowest BCUT2D eigenvalue weighted by Gasteiger charge is -2.34. The monoisotopic (exact) mass is 432 g/mol.